The van der Waals surface area contributed by atoms with Gasteiger partial charge in [-0.15, -0.1) is 11.3 Å². The molecule has 0 atom stereocenters. The van der Waals surface area contributed by atoms with Gasteiger partial charge >= 0.3 is 0 Å². The van der Waals surface area contributed by atoms with Crippen molar-refractivity contribution in [2.45, 2.75) is 24.1 Å². The molecule has 0 aliphatic carbocycles. The van der Waals surface area contributed by atoms with Gasteiger partial charge in [-0.3, -0.25) is 4.79 Å². The van der Waals surface area contributed by atoms with Gasteiger partial charge in [0.25, 0.3) is 10.0 Å². The second-order valence-corrected chi connectivity index (χ2v) is 8.53. The maximum absolute atomic E-state index is 12.0. The molecule has 2 aromatic heterocycles. The molecule has 0 aliphatic heterocycles. The molecule has 2 N–H and O–H groups in total. The second kappa shape index (κ2) is 7.38. The van der Waals surface area contributed by atoms with Gasteiger partial charge in [-0.05, 0) is 42.1 Å². The smallest absolute Gasteiger partial charge is 0.250 e. The van der Waals surface area contributed by atoms with Gasteiger partial charge in [0.05, 0.1) is 6.54 Å². The summed E-state index contributed by atoms with van der Waals surface area (Å²) in [7, 11) is -3.64. The van der Waals surface area contributed by atoms with Gasteiger partial charge in [0.1, 0.15) is 4.21 Å². The summed E-state index contributed by atoms with van der Waals surface area (Å²) in [6, 6.07) is 10.8. The number of fused-ring (bicyclic) bond motifs is 1. The van der Waals surface area contributed by atoms with Crippen molar-refractivity contribution < 1.29 is 13.2 Å². The minimum Gasteiger partial charge on any atom is -0.347 e. The summed E-state index contributed by atoms with van der Waals surface area (Å²) in [4.78, 5) is 12.0. The van der Waals surface area contributed by atoms with E-state index in [1.807, 2.05) is 30.5 Å². The number of benzene rings is 1. The third-order valence-electron chi connectivity index (χ3n) is 3.70. The van der Waals surface area contributed by atoms with Crippen molar-refractivity contribution in [1.82, 2.24) is 9.29 Å². The van der Waals surface area contributed by atoms with Crippen LogP contribution in [0, 0.1) is 0 Å². The number of carbonyl (C=O) groups is 1. The number of hydrogen-bond acceptors (Lipinski definition) is 4. The van der Waals surface area contributed by atoms with Crippen molar-refractivity contribution >= 4 is 43.9 Å². The molecule has 6 nitrogen and oxygen atoms in total. The van der Waals surface area contributed by atoms with Crippen molar-refractivity contribution in [1.29, 1.82) is 0 Å². The van der Waals surface area contributed by atoms with Crippen LogP contribution in [0.25, 0.3) is 10.9 Å². The molecule has 0 aliphatic rings. The van der Waals surface area contributed by atoms with E-state index < -0.39 is 15.9 Å². The summed E-state index contributed by atoms with van der Waals surface area (Å²) in [5.74, 6) is -0.410. The van der Waals surface area contributed by atoms with Crippen LogP contribution in [0.2, 0.25) is 0 Å². The fourth-order valence-electron chi connectivity index (χ4n) is 2.57. The average Bonchev–Trinajstić information content (AvgIpc) is 3.24. The van der Waals surface area contributed by atoms with Crippen LogP contribution in [0.3, 0.4) is 0 Å². The van der Waals surface area contributed by atoms with E-state index in [4.69, 9.17) is 0 Å². The first kappa shape index (κ1) is 17.7. The van der Waals surface area contributed by atoms with Crippen molar-refractivity contribution in [3.63, 3.8) is 0 Å². The highest BCUT2D eigenvalue weighted by Crippen LogP contribution is 2.21. The van der Waals surface area contributed by atoms with E-state index in [-0.39, 0.29) is 10.8 Å². The zero-order chi connectivity index (χ0) is 17.9. The van der Waals surface area contributed by atoms with Gasteiger partial charge in [-0.1, -0.05) is 13.0 Å². The summed E-state index contributed by atoms with van der Waals surface area (Å²) < 4.78 is 28.7. The quantitative estimate of drug-likeness (QED) is 0.664. The molecule has 0 saturated carbocycles. The summed E-state index contributed by atoms with van der Waals surface area (Å²) in [5.41, 5.74) is 1.75. The number of aryl methyl sites for hydroxylation is 1. The first-order valence-corrected chi connectivity index (χ1v) is 10.3. The van der Waals surface area contributed by atoms with Crippen LogP contribution in [-0.2, 0) is 21.4 Å². The lowest BCUT2D eigenvalue weighted by molar-refractivity contribution is -0.115. The van der Waals surface area contributed by atoms with Crippen LogP contribution in [0.5, 0.6) is 0 Å². The molecule has 0 saturated heterocycles. The summed E-state index contributed by atoms with van der Waals surface area (Å²) in [6.07, 6.45) is 3.07. The number of nitrogens with zero attached hydrogens (tertiary/aromatic N) is 1. The number of amides is 1. The Bertz CT molecular complexity index is 976. The number of hydrogen-bond donors (Lipinski definition) is 2. The molecule has 132 valence electrons. The Hall–Kier alpha value is -2.16. The molecule has 0 radical (unpaired) electrons. The van der Waals surface area contributed by atoms with Crippen LogP contribution in [-0.4, -0.2) is 25.4 Å². The Kier molecular flexibility index (Phi) is 5.22. The molecule has 8 heteroatoms. The molecule has 0 bridgehead atoms. The molecule has 1 aromatic carbocycles. The SMILES string of the molecule is CCCn1ccc2cc(NC(=O)CNS(=O)(=O)c3cccs3)ccc21. The Morgan fingerprint density at radius 1 is 1.24 bits per heavy atom. The fraction of sp³-hybridized carbons (Fsp3) is 0.235. The Morgan fingerprint density at radius 2 is 2.08 bits per heavy atom. The van der Waals surface area contributed by atoms with E-state index in [1.54, 1.807) is 11.4 Å². The maximum Gasteiger partial charge on any atom is 0.250 e. The molecule has 3 rings (SSSR count). The Labute approximate surface area is 150 Å². The number of anilines is 1. The van der Waals surface area contributed by atoms with E-state index >= 15 is 0 Å². The largest absolute Gasteiger partial charge is 0.347 e. The van der Waals surface area contributed by atoms with Crippen LogP contribution >= 0.6 is 11.3 Å². The molecule has 0 fully saturated rings. The number of thiophene rings is 1. The first-order chi connectivity index (χ1) is 12.0. The minimum absolute atomic E-state index is 0.194. The number of sulfonamides is 1. The van der Waals surface area contributed by atoms with E-state index in [9.17, 15) is 13.2 Å². The highest BCUT2D eigenvalue weighted by atomic mass is 32.2. The molecular formula is C17H19N3O3S2. The molecule has 25 heavy (non-hydrogen) atoms. The minimum atomic E-state index is -3.64. The highest BCUT2D eigenvalue weighted by Gasteiger charge is 2.16. The normalized spacial score (nSPS) is 11.7. The molecule has 1 amide bonds. The van der Waals surface area contributed by atoms with E-state index in [0.717, 1.165) is 35.2 Å². The van der Waals surface area contributed by atoms with E-state index in [1.165, 1.54) is 6.07 Å². The summed E-state index contributed by atoms with van der Waals surface area (Å²) in [6.45, 7) is 2.76. The predicted octanol–water partition coefficient (Wildman–Crippen LogP) is 3.03. The molecule has 2 heterocycles. The standard InChI is InChI=1S/C17H19N3O3S2/c1-2-8-20-9-7-13-11-14(5-6-15(13)20)19-16(21)12-18-25(22,23)17-4-3-10-24-17/h3-7,9-11,18H,2,8,12H2,1H3,(H,19,21). The van der Waals surface area contributed by atoms with Gasteiger partial charge in [0.15, 0.2) is 0 Å². The maximum atomic E-state index is 12.0. The molecule has 3 aromatic rings. The first-order valence-electron chi connectivity index (χ1n) is 7.91. The number of nitrogens with one attached hydrogen (secondary N) is 2. The van der Waals surface area contributed by atoms with Crippen LogP contribution in [0.1, 0.15) is 13.3 Å². The number of rotatable bonds is 7. The van der Waals surface area contributed by atoms with E-state index in [0.29, 0.717) is 5.69 Å². The van der Waals surface area contributed by atoms with Crippen LogP contribution in [0.4, 0.5) is 5.69 Å². The third kappa shape index (κ3) is 4.09. The van der Waals surface area contributed by atoms with Crippen molar-refractivity contribution in [3.8, 4) is 0 Å². The van der Waals surface area contributed by atoms with Crippen LogP contribution < -0.4 is 10.0 Å². The summed E-state index contributed by atoms with van der Waals surface area (Å²) in [5, 5.41) is 5.43. The van der Waals surface area contributed by atoms with Crippen molar-refractivity contribution in [2.24, 2.45) is 0 Å². The van der Waals surface area contributed by atoms with Gasteiger partial charge in [0, 0.05) is 29.3 Å². The number of aromatic nitrogens is 1. The average molecular weight is 377 g/mol. The topological polar surface area (TPSA) is 80.2 Å². The van der Waals surface area contributed by atoms with Gasteiger partial charge < -0.3 is 9.88 Å². The third-order valence-corrected chi connectivity index (χ3v) is 6.50. The van der Waals surface area contributed by atoms with Crippen molar-refractivity contribution in [2.75, 3.05) is 11.9 Å². The van der Waals surface area contributed by atoms with Gasteiger partial charge in [-0.2, -0.15) is 0 Å². The monoisotopic (exact) mass is 377 g/mol. The Morgan fingerprint density at radius 3 is 2.80 bits per heavy atom. The van der Waals surface area contributed by atoms with Crippen molar-refractivity contribution in [3.05, 3.63) is 48.0 Å². The van der Waals surface area contributed by atoms with Crippen LogP contribution in [0.15, 0.2) is 52.2 Å². The lowest BCUT2D eigenvalue weighted by Crippen LogP contribution is -2.32. The molecular weight excluding hydrogens is 358 g/mol. The predicted molar refractivity (Wildman–Crippen MR) is 100 cm³/mol. The lowest BCUT2D eigenvalue weighted by atomic mass is 10.2. The lowest BCUT2D eigenvalue weighted by Gasteiger charge is -2.08. The zero-order valence-electron chi connectivity index (χ0n) is 13.7. The summed E-state index contributed by atoms with van der Waals surface area (Å²) >= 11 is 1.11. The van der Waals surface area contributed by atoms with Gasteiger partial charge in [-0.25, -0.2) is 13.1 Å². The second-order valence-electron chi connectivity index (χ2n) is 5.59. The zero-order valence-corrected chi connectivity index (χ0v) is 15.4. The van der Waals surface area contributed by atoms with E-state index in [2.05, 4.69) is 21.5 Å². The molecule has 0 unspecified atom stereocenters. The fourth-order valence-corrected chi connectivity index (χ4v) is 4.59. The van der Waals surface area contributed by atoms with Gasteiger partial charge in [0.2, 0.25) is 5.91 Å². The highest BCUT2D eigenvalue weighted by molar-refractivity contribution is 7.91. The number of carbonyl (C=O) groups excluding carboxylic acids is 1. The molecule has 0 spiro atoms. The Balaban J connectivity index is 1.64.